The van der Waals surface area contributed by atoms with E-state index in [2.05, 4.69) is 0 Å². The Bertz CT molecular complexity index is 1510. The molecule has 16 nitrogen and oxygen atoms in total. The number of phenols is 3. The van der Waals surface area contributed by atoms with Gasteiger partial charge < -0.3 is 74.4 Å². The maximum atomic E-state index is 12.7. The van der Waals surface area contributed by atoms with Gasteiger partial charge in [0.2, 0.25) is 0 Å². The van der Waals surface area contributed by atoms with E-state index in [-0.39, 0.29) is 28.9 Å². The molecule has 1 aromatic heterocycles. The van der Waals surface area contributed by atoms with Crippen LogP contribution in [0.25, 0.3) is 22.3 Å². The lowest BCUT2D eigenvalue weighted by Gasteiger charge is -2.45. The summed E-state index contributed by atoms with van der Waals surface area (Å²) in [4.78, 5) is 12.7. The van der Waals surface area contributed by atoms with E-state index >= 15 is 0 Å². The molecule has 0 amide bonds. The Morgan fingerprint density at radius 1 is 0.857 bits per heavy atom. The van der Waals surface area contributed by atoms with Crippen LogP contribution >= 0.6 is 0 Å². The van der Waals surface area contributed by atoms with Crippen molar-refractivity contribution in [2.45, 2.75) is 55.0 Å². The molecule has 0 unspecified atom stereocenters. The Morgan fingerprint density at radius 3 is 2.31 bits per heavy atom. The summed E-state index contributed by atoms with van der Waals surface area (Å²) in [5.74, 6) is -5.14. The van der Waals surface area contributed by atoms with E-state index in [1.54, 1.807) is 0 Å². The van der Waals surface area contributed by atoms with Crippen molar-refractivity contribution >= 4 is 11.0 Å². The molecule has 5 rings (SSSR count). The predicted molar refractivity (Wildman–Crippen MR) is 135 cm³/mol. The summed E-state index contributed by atoms with van der Waals surface area (Å²) in [6.45, 7) is -1.07. The summed E-state index contributed by atoms with van der Waals surface area (Å²) in [6.07, 6.45) is -14.0. The first-order valence-corrected chi connectivity index (χ1v) is 12.5. The minimum atomic E-state index is -3.07. The van der Waals surface area contributed by atoms with Crippen molar-refractivity contribution in [1.29, 1.82) is 0 Å². The van der Waals surface area contributed by atoms with Crippen LogP contribution in [-0.4, -0.2) is 119 Å². The molecule has 10 N–H and O–H groups in total. The number of hydrogen-bond donors (Lipinski definition) is 10. The number of benzene rings is 2. The fourth-order valence-electron chi connectivity index (χ4n) is 4.60. The topological polar surface area (TPSA) is 269 Å². The summed E-state index contributed by atoms with van der Waals surface area (Å²) >= 11 is 0. The molecule has 0 spiro atoms. The van der Waals surface area contributed by atoms with Gasteiger partial charge >= 0.3 is 5.97 Å². The van der Waals surface area contributed by atoms with Crippen LogP contribution < -0.4 is 10.2 Å². The lowest BCUT2D eigenvalue weighted by molar-refractivity contribution is -0.425. The Morgan fingerprint density at radius 2 is 1.60 bits per heavy atom. The number of fused-ring (bicyclic) bond motifs is 1. The molecule has 16 heteroatoms. The van der Waals surface area contributed by atoms with Crippen molar-refractivity contribution in [3.8, 4) is 34.3 Å². The van der Waals surface area contributed by atoms with Crippen molar-refractivity contribution in [2.75, 3.05) is 13.2 Å². The molecule has 2 aliphatic rings. The first-order chi connectivity index (χ1) is 19.8. The van der Waals surface area contributed by atoms with E-state index in [9.17, 15) is 55.9 Å². The van der Waals surface area contributed by atoms with Gasteiger partial charge in [0.25, 0.3) is 0 Å². The molecule has 0 radical (unpaired) electrons. The number of ether oxygens (including phenoxy) is 4. The zero-order valence-electron chi connectivity index (χ0n) is 21.4. The first kappa shape index (κ1) is 29.9. The standard InChI is InChI=1S/C26H28O16/c27-11-2-1-9(3-12(11)28)16-6-14(30)19-13(29)4-10(5-17(19)40-16)41-26(37)24(36)22(34)21(33)18(42-26)8-39-25-23(35)20(32)15(31)7-38-25/h1-6,15,18,20-25,27-29,31-37H,7-8H2/t15-,18+,20-,21+,22-,23-,24+,25-,26-/m0/s1. The molecule has 0 saturated carbocycles. The van der Waals surface area contributed by atoms with E-state index in [0.29, 0.717) is 0 Å². The van der Waals surface area contributed by atoms with Crippen LogP contribution in [0.3, 0.4) is 0 Å². The first-order valence-electron chi connectivity index (χ1n) is 12.5. The number of hydrogen-bond acceptors (Lipinski definition) is 16. The second kappa shape index (κ2) is 11.3. The number of aliphatic hydroxyl groups is 7. The van der Waals surface area contributed by atoms with Gasteiger partial charge in [-0.3, -0.25) is 4.79 Å². The highest BCUT2D eigenvalue weighted by Gasteiger charge is 2.55. The van der Waals surface area contributed by atoms with Crippen LogP contribution in [0.4, 0.5) is 0 Å². The van der Waals surface area contributed by atoms with Crippen molar-refractivity contribution < 1.29 is 74.4 Å². The highest BCUT2D eigenvalue weighted by molar-refractivity contribution is 5.86. The lowest BCUT2D eigenvalue weighted by Crippen LogP contribution is -2.67. The molecule has 9 atom stereocenters. The second-order valence-corrected chi connectivity index (χ2v) is 9.89. The van der Waals surface area contributed by atoms with Gasteiger partial charge in [0.1, 0.15) is 64.9 Å². The summed E-state index contributed by atoms with van der Waals surface area (Å²) < 4.78 is 26.8. The summed E-state index contributed by atoms with van der Waals surface area (Å²) in [6, 6.07) is 6.62. The molecule has 2 aromatic carbocycles. The predicted octanol–water partition coefficient (Wildman–Crippen LogP) is -2.46. The molecule has 42 heavy (non-hydrogen) atoms. The Kier molecular flexibility index (Phi) is 8.03. The normalized spacial score (nSPS) is 33.5. The van der Waals surface area contributed by atoms with Gasteiger partial charge in [-0.15, -0.1) is 0 Å². The molecule has 0 bridgehead atoms. The van der Waals surface area contributed by atoms with E-state index in [1.807, 2.05) is 0 Å². The quantitative estimate of drug-likeness (QED) is 0.104. The number of aliphatic hydroxyl groups excluding tert-OH is 6. The average molecular weight is 596 g/mol. The van der Waals surface area contributed by atoms with Crippen LogP contribution in [0.5, 0.6) is 23.0 Å². The highest BCUT2D eigenvalue weighted by atomic mass is 16.8. The third kappa shape index (κ3) is 5.48. The smallest absolute Gasteiger partial charge is 0.355 e. The minimum Gasteiger partial charge on any atom is -0.507 e. The fourth-order valence-corrected chi connectivity index (χ4v) is 4.60. The van der Waals surface area contributed by atoms with Gasteiger partial charge in [-0.25, -0.2) is 0 Å². The average Bonchev–Trinajstić information content (AvgIpc) is 2.94. The molecule has 3 heterocycles. The van der Waals surface area contributed by atoms with E-state index in [1.165, 1.54) is 6.07 Å². The molecule has 3 aromatic rings. The van der Waals surface area contributed by atoms with E-state index < -0.39 is 90.0 Å². The van der Waals surface area contributed by atoms with Gasteiger partial charge in [-0.1, -0.05) is 0 Å². The summed E-state index contributed by atoms with van der Waals surface area (Å²) in [5, 5.41) is 101. The maximum Gasteiger partial charge on any atom is 0.355 e. The Balaban J connectivity index is 1.40. The van der Waals surface area contributed by atoms with Gasteiger partial charge in [0, 0.05) is 23.8 Å². The molecule has 0 aliphatic carbocycles. The van der Waals surface area contributed by atoms with E-state index in [0.717, 1.165) is 30.3 Å². The van der Waals surface area contributed by atoms with Crippen molar-refractivity contribution in [3.05, 3.63) is 46.6 Å². The highest BCUT2D eigenvalue weighted by Crippen LogP contribution is 2.37. The molecule has 2 saturated heterocycles. The minimum absolute atomic E-state index is 0.0764. The molecule has 2 aliphatic heterocycles. The third-order valence-corrected chi connectivity index (χ3v) is 6.93. The monoisotopic (exact) mass is 596 g/mol. The Hall–Kier alpha value is -3.55. The van der Waals surface area contributed by atoms with Gasteiger partial charge in [-0.2, -0.15) is 0 Å². The largest absolute Gasteiger partial charge is 0.507 e. The summed E-state index contributed by atoms with van der Waals surface area (Å²) in [7, 11) is 0. The summed E-state index contributed by atoms with van der Waals surface area (Å²) in [5.41, 5.74) is -0.775. The van der Waals surface area contributed by atoms with Crippen LogP contribution in [-0.2, 0) is 14.2 Å². The van der Waals surface area contributed by atoms with Crippen molar-refractivity contribution in [2.24, 2.45) is 0 Å². The maximum absolute atomic E-state index is 12.7. The van der Waals surface area contributed by atoms with Crippen LogP contribution in [0.15, 0.2) is 45.6 Å². The van der Waals surface area contributed by atoms with Crippen molar-refractivity contribution in [1.82, 2.24) is 0 Å². The molecular weight excluding hydrogens is 568 g/mol. The SMILES string of the molecule is O=c1cc(-c2ccc(O)c(O)c2)oc2cc(O[C@]3(O)O[C@H](CO[C@@H]4OC[C@H](O)[C@H](O)[C@@H]4O)[C@@H](O)[C@H](O)[C@H]3O)cc(O)c12. The second-order valence-electron chi connectivity index (χ2n) is 9.89. The zero-order valence-corrected chi connectivity index (χ0v) is 21.4. The zero-order chi connectivity index (χ0) is 30.5. The molecular formula is C26H28O16. The fraction of sp³-hybridized carbons (Fsp3) is 0.423. The lowest BCUT2D eigenvalue weighted by atomic mass is 9.97. The van der Waals surface area contributed by atoms with Crippen molar-refractivity contribution in [3.63, 3.8) is 0 Å². The number of aromatic hydroxyl groups is 3. The molecule has 2 fully saturated rings. The van der Waals surface area contributed by atoms with E-state index in [4.69, 9.17) is 23.4 Å². The van der Waals surface area contributed by atoms with Gasteiger partial charge in [-0.05, 0) is 18.2 Å². The Labute approximate surface area is 235 Å². The van der Waals surface area contributed by atoms with Crippen LogP contribution in [0.1, 0.15) is 0 Å². The van der Waals surface area contributed by atoms with Gasteiger partial charge in [0.15, 0.2) is 29.3 Å². The molecule has 228 valence electrons. The van der Waals surface area contributed by atoms with Gasteiger partial charge in [0.05, 0.1) is 13.2 Å². The third-order valence-electron chi connectivity index (χ3n) is 6.93. The number of phenolic OH excluding ortho intramolecular Hbond substituents is 3. The van der Waals surface area contributed by atoms with Crippen LogP contribution in [0.2, 0.25) is 0 Å². The van der Waals surface area contributed by atoms with Crippen LogP contribution in [0, 0.1) is 0 Å². The number of rotatable bonds is 6.